The molecular formula is C13H15FN2O. The summed E-state index contributed by atoms with van der Waals surface area (Å²) in [7, 11) is 0. The van der Waals surface area contributed by atoms with E-state index in [1.807, 2.05) is 6.07 Å². The zero-order valence-electron chi connectivity index (χ0n) is 10.1. The van der Waals surface area contributed by atoms with Crippen molar-refractivity contribution in [2.45, 2.75) is 20.8 Å². The number of hydrogen-bond acceptors (Lipinski definition) is 2. The van der Waals surface area contributed by atoms with Crippen molar-refractivity contribution in [2.75, 3.05) is 5.32 Å². The summed E-state index contributed by atoms with van der Waals surface area (Å²) < 4.78 is 13.1. The van der Waals surface area contributed by atoms with Gasteiger partial charge in [0.05, 0.1) is 6.07 Å². The number of anilines is 1. The molecule has 1 amide bonds. The van der Waals surface area contributed by atoms with E-state index in [1.54, 1.807) is 26.8 Å². The van der Waals surface area contributed by atoms with Crippen LogP contribution in [0.1, 0.15) is 19.4 Å². The molecule has 0 aliphatic carbocycles. The Kier molecular flexibility index (Phi) is 4.22. The van der Waals surface area contributed by atoms with Crippen LogP contribution in [0.4, 0.5) is 10.1 Å². The van der Waals surface area contributed by atoms with Crippen molar-refractivity contribution in [3.05, 3.63) is 29.6 Å². The number of amides is 1. The fourth-order valence-corrected chi connectivity index (χ4v) is 1.54. The lowest BCUT2D eigenvalue weighted by molar-refractivity contribution is -0.119. The molecule has 1 rings (SSSR count). The van der Waals surface area contributed by atoms with Crippen molar-refractivity contribution in [1.82, 2.24) is 0 Å². The van der Waals surface area contributed by atoms with Crippen LogP contribution in [0.25, 0.3) is 0 Å². The molecule has 0 fully saturated rings. The first-order chi connectivity index (χ1) is 7.93. The van der Waals surface area contributed by atoms with Crippen LogP contribution in [0.5, 0.6) is 0 Å². The van der Waals surface area contributed by atoms with E-state index in [2.05, 4.69) is 5.32 Å². The van der Waals surface area contributed by atoms with Gasteiger partial charge in [0, 0.05) is 5.69 Å². The summed E-state index contributed by atoms with van der Waals surface area (Å²) >= 11 is 0. The first-order valence-electron chi connectivity index (χ1n) is 5.41. The molecule has 0 aliphatic rings. The number of carbonyl (C=O) groups excluding carboxylic acids is 1. The number of nitriles is 1. The van der Waals surface area contributed by atoms with Crippen LogP contribution >= 0.6 is 0 Å². The van der Waals surface area contributed by atoms with Gasteiger partial charge in [-0.25, -0.2) is 4.39 Å². The Morgan fingerprint density at radius 1 is 1.41 bits per heavy atom. The number of hydrogen-bond donors (Lipinski definition) is 1. The van der Waals surface area contributed by atoms with Crippen LogP contribution in [-0.2, 0) is 4.79 Å². The average molecular weight is 234 g/mol. The van der Waals surface area contributed by atoms with E-state index >= 15 is 0 Å². The summed E-state index contributed by atoms with van der Waals surface area (Å²) in [6.07, 6.45) is 0. The Hall–Kier alpha value is -1.89. The lowest BCUT2D eigenvalue weighted by atomic mass is 9.96. The van der Waals surface area contributed by atoms with E-state index in [0.29, 0.717) is 5.69 Å². The summed E-state index contributed by atoms with van der Waals surface area (Å²) in [5.74, 6) is -1.60. The van der Waals surface area contributed by atoms with Gasteiger partial charge in [-0.2, -0.15) is 5.26 Å². The van der Waals surface area contributed by atoms with E-state index in [9.17, 15) is 9.18 Å². The highest BCUT2D eigenvalue weighted by Gasteiger charge is 2.21. The summed E-state index contributed by atoms with van der Waals surface area (Å²) in [6.45, 7) is 5.33. The molecule has 1 N–H and O–H groups in total. The number of nitrogens with zero attached hydrogens (tertiary/aromatic N) is 1. The lowest BCUT2D eigenvalue weighted by Gasteiger charge is -2.13. The maximum Gasteiger partial charge on any atom is 0.241 e. The Labute approximate surface area is 100 Å². The van der Waals surface area contributed by atoms with Gasteiger partial charge in [-0.1, -0.05) is 13.8 Å². The summed E-state index contributed by atoms with van der Waals surface area (Å²) in [5, 5.41) is 11.4. The monoisotopic (exact) mass is 234 g/mol. The maximum atomic E-state index is 13.1. The van der Waals surface area contributed by atoms with Crippen LogP contribution in [0, 0.1) is 35.9 Å². The van der Waals surface area contributed by atoms with E-state index in [0.717, 1.165) is 5.56 Å². The lowest BCUT2D eigenvalue weighted by Crippen LogP contribution is -2.25. The third kappa shape index (κ3) is 3.56. The zero-order valence-corrected chi connectivity index (χ0v) is 10.1. The van der Waals surface area contributed by atoms with Gasteiger partial charge in [0.25, 0.3) is 0 Å². The van der Waals surface area contributed by atoms with Gasteiger partial charge in [-0.15, -0.1) is 0 Å². The van der Waals surface area contributed by atoms with Crippen molar-refractivity contribution in [2.24, 2.45) is 11.8 Å². The van der Waals surface area contributed by atoms with Gasteiger partial charge in [0.1, 0.15) is 11.7 Å². The first-order valence-corrected chi connectivity index (χ1v) is 5.41. The minimum atomic E-state index is -0.724. The third-order valence-electron chi connectivity index (χ3n) is 2.40. The fraction of sp³-hybridized carbons (Fsp3) is 0.385. The Morgan fingerprint density at radius 2 is 2.06 bits per heavy atom. The van der Waals surface area contributed by atoms with Crippen LogP contribution in [0.3, 0.4) is 0 Å². The molecule has 0 aromatic heterocycles. The van der Waals surface area contributed by atoms with Crippen LogP contribution in [0.2, 0.25) is 0 Å². The molecule has 0 bridgehead atoms. The van der Waals surface area contributed by atoms with Gasteiger partial charge >= 0.3 is 0 Å². The highest BCUT2D eigenvalue weighted by molar-refractivity contribution is 5.94. The summed E-state index contributed by atoms with van der Waals surface area (Å²) in [4.78, 5) is 11.8. The smallest absolute Gasteiger partial charge is 0.241 e. The molecule has 90 valence electrons. The standard InChI is InChI=1S/C13H15FN2O/c1-8(2)12(7-15)13(17)16-11-5-9(3)4-10(14)6-11/h4-6,8,12H,1-3H3,(H,16,17). The second kappa shape index (κ2) is 5.44. The Bertz CT molecular complexity index is 443. The second-order valence-electron chi connectivity index (χ2n) is 4.36. The molecule has 17 heavy (non-hydrogen) atoms. The normalized spacial score (nSPS) is 12.0. The molecule has 1 unspecified atom stereocenters. The number of carbonyl (C=O) groups is 1. The van der Waals surface area contributed by atoms with E-state index in [1.165, 1.54) is 12.1 Å². The highest BCUT2D eigenvalue weighted by atomic mass is 19.1. The van der Waals surface area contributed by atoms with Crippen molar-refractivity contribution in [1.29, 1.82) is 5.26 Å². The number of nitrogens with one attached hydrogen (secondary N) is 1. The molecule has 0 saturated heterocycles. The van der Waals surface area contributed by atoms with E-state index in [4.69, 9.17) is 5.26 Å². The van der Waals surface area contributed by atoms with Gasteiger partial charge < -0.3 is 5.32 Å². The number of benzene rings is 1. The minimum absolute atomic E-state index is 0.0744. The predicted molar refractivity (Wildman–Crippen MR) is 63.7 cm³/mol. The van der Waals surface area contributed by atoms with Gasteiger partial charge in [0.2, 0.25) is 5.91 Å². The molecule has 1 aromatic carbocycles. The highest BCUT2D eigenvalue weighted by Crippen LogP contribution is 2.16. The molecular weight excluding hydrogens is 219 g/mol. The molecule has 3 nitrogen and oxygen atoms in total. The topological polar surface area (TPSA) is 52.9 Å². The van der Waals surface area contributed by atoms with Crippen molar-refractivity contribution in [3.63, 3.8) is 0 Å². The molecule has 1 atom stereocenters. The number of halogens is 1. The van der Waals surface area contributed by atoms with E-state index in [-0.39, 0.29) is 5.92 Å². The molecule has 0 radical (unpaired) electrons. The van der Waals surface area contributed by atoms with Crippen LogP contribution in [0.15, 0.2) is 18.2 Å². The third-order valence-corrected chi connectivity index (χ3v) is 2.40. The predicted octanol–water partition coefficient (Wildman–Crippen LogP) is 2.87. The minimum Gasteiger partial charge on any atom is -0.325 e. The quantitative estimate of drug-likeness (QED) is 0.874. The summed E-state index contributed by atoms with van der Waals surface area (Å²) in [5.41, 5.74) is 1.10. The molecule has 0 saturated carbocycles. The molecule has 0 spiro atoms. The van der Waals surface area contributed by atoms with Gasteiger partial charge in [0.15, 0.2) is 0 Å². The zero-order chi connectivity index (χ0) is 13.0. The molecule has 0 heterocycles. The fourth-order valence-electron chi connectivity index (χ4n) is 1.54. The average Bonchev–Trinajstić information content (AvgIpc) is 2.15. The SMILES string of the molecule is Cc1cc(F)cc(NC(=O)C(C#N)C(C)C)c1. The van der Waals surface area contributed by atoms with Gasteiger partial charge in [-0.3, -0.25) is 4.79 Å². The molecule has 4 heteroatoms. The van der Waals surface area contributed by atoms with Crippen molar-refractivity contribution in [3.8, 4) is 6.07 Å². The maximum absolute atomic E-state index is 13.1. The van der Waals surface area contributed by atoms with E-state index < -0.39 is 17.6 Å². The number of aryl methyl sites for hydroxylation is 1. The number of rotatable bonds is 3. The second-order valence-corrected chi connectivity index (χ2v) is 4.36. The largest absolute Gasteiger partial charge is 0.325 e. The summed E-state index contributed by atoms with van der Waals surface area (Å²) in [6, 6.07) is 6.22. The Morgan fingerprint density at radius 3 is 2.53 bits per heavy atom. The first kappa shape index (κ1) is 13.2. The van der Waals surface area contributed by atoms with Crippen molar-refractivity contribution < 1.29 is 9.18 Å². The van der Waals surface area contributed by atoms with Crippen LogP contribution < -0.4 is 5.32 Å². The molecule has 1 aromatic rings. The van der Waals surface area contributed by atoms with Gasteiger partial charge in [-0.05, 0) is 36.6 Å². The molecule has 0 aliphatic heterocycles. The Balaban J connectivity index is 2.84. The van der Waals surface area contributed by atoms with Crippen LogP contribution in [-0.4, -0.2) is 5.91 Å². The van der Waals surface area contributed by atoms with Crippen molar-refractivity contribution >= 4 is 11.6 Å².